The molecule has 1 saturated heterocycles. The van der Waals surface area contributed by atoms with Crippen LogP contribution in [0.15, 0.2) is 24.3 Å². The smallest absolute Gasteiger partial charge is 0.451 e. The Kier molecular flexibility index (Phi) is 8.13. The van der Waals surface area contributed by atoms with E-state index in [2.05, 4.69) is 5.32 Å². The van der Waals surface area contributed by atoms with E-state index in [0.717, 1.165) is 37.2 Å². The molecule has 1 aliphatic heterocycles. The van der Waals surface area contributed by atoms with E-state index in [1.165, 1.54) is 0 Å². The molecule has 1 heterocycles. The van der Waals surface area contributed by atoms with E-state index >= 15 is 0 Å². The van der Waals surface area contributed by atoms with Gasteiger partial charge in [0.15, 0.2) is 0 Å². The van der Waals surface area contributed by atoms with E-state index < -0.39 is 18.6 Å². The third-order valence-corrected chi connectivity index (χ3v) is 6.28. The molecule has 0 radical (unpaired) electrons. The Morgan fingerprint density at radius 1 is 1.27 bits per heavy atom. The number of carboxylic acid groups (broad SMARTS) is 1. The maximum Gasteiger partial charge on any atom is 0.451 e. The molecule has 1 aromatic rings. The van der Waals surface area contributed by atoms with Crippen LogP contribution in [0.5, 0.6) is 5.75 Å². The van der Waals surface area contributed by atoms with Crippen LogP contribution in [0.4, 0.5) is 0 Å². The van der Waals surface area contributed by atoms with E-state index in [-0.39, 0.29) is 24.4 Å². The minimum Gasteiger partial charge on any atom is -0.488 e. The number of rotatable bonds is 12. The van der Waals surface area contributed by atoms with Crippen molar-refractivity contribution in [2.24, 2.45) is 11.7 Å². The van der Waals surface area contributed by atoms with Crippen LogP contribution in [0.1, 0.15) is 44.1 Å². The lowest BCUT2D eigenvalue weighted by atomic mass is 9.66. The Morgan fingerprint density at radius 3 is 2.60 bits per heavy atom. The third-order valence-electron chi connectivity index (χ3n) is 6.28. The predicted molar refractivity (Wildman–Crippen MR) is 113 cm³/mol. The fourth-order valence-electron chi connectivity index (χ4n) is 4.18. The first kappa shape index (κ1) is 23.0. The molecule has 0 amide bonds. The van der Waals surface area contributed by atoms with E-state index in [4.69, 9.17) is 25.3 Å². The average molecular weight is 420 g/mol. The minimum absolute atomic E-state index is 0.0732. The summed E-state index contributed by atoms with van der Waals surface area (Å²) in [5.41, 5.74) is 6.14. The lowest BCUT2D eigenvalue weighted by Gasteiger charge is -2.45. The number of unbranched alkanes of at least 4 members (excludes halogenated alkanes) is 1. The van der Waals surface area contributed by atoms with E-state index in [1.807, 2.05) is 24.3 Å². The molecule has 9 heteroatoms. The molecule has 166 valence electrons. The normalized spacial score (nSPS) is 25.4. The van der Waals surface area contributed by atoms with E-state index in [0.29, 0.717) is 32.4 Å². The highest BCUT2D eigenvalue weighted by Gasteiger charge is 2.48. The first-order valence-electron chi connectivity index (χ1n) is 10.8. The Bertz CT molecular complexity index is 677. The maximum absolute atomic E-state index is 11.8. The summed E-state index contributed by atoms with van der Waals surface area (Å²) in [7, 11) is -1.35. The van der Waals surface area contributed by atoms with Crippen LogP contribution < -0.4 is 15.8 Å². The SMILES string of the molecule is N[C@@](CCCCB(O)O)(C(=O)O)C1CC(NCc2ccc(OC3CCOC3)cc2)C1. The van der Waals surface area contributed by atoms with Crippen LogP contribution in [0.3, 0.4) is 0 Å². The van der Waals surface area contributed by atoms with Crippen molar-refractivity contribution in [2.45, 2.75) is 69.1 Å². The Hall–Kier alpha value is -1.65. The molecule has 2 aliphatic rings. The number of ether oxygens (including phenoxy) is 2. The monoisotopic (exact) mass is 420 g/mol. The van der Waals surface area contributed by atoms with Crippen molar-refractivity contribution >= 4 is 13.1 Å². The van der Waals surface area contributed by atoms with Gasteiger partial charge in [-0.3, -0.25) is 4.79 Å². The van der Waals surface area contributed by atoms with Crippen LogP contribution in [0.25, 0.3) is 0 Å². The molecule has 1 aliphatic carbocycles. The predicted octanol–water partition coefficient (Wildman–Crippen LogP) is 1.15. The summed E-state index contributed by atoms with van der Waals surface area (Å²) in [6.45, 7) is 2.12. The number of aliphatic carboxylic acids is 1. The molecule has 1 saturated carbocycles. The van der Waals surface area contributed by atoms with Crippen molar-refractivity contribution in [3.63, 3.8) is 0 Å². The summed E-state index contributed by atoms with van der Waals surface area (Å²) in [5, 5.41) is 30.9. The van der Waals surface area contributed by atoms with Crippen LogP contribution in [0, 0.1) is 5.92 Å². The van der Waals surface area contributed by atoms with Gasteiger partial charge in [-0.2, -0.15) is 0 Å². The number of nitrogens with two attached hydrogens (primary N) is 1. The zero-order chi connectivity index (χ0) is 21.6. The second kappa shape index (κ2) is 10.6. The molecule has 30 heavy (non-hydrogen) atoms. The van der Waals surface area contributed by atoms with Gasteiger partial charge in [-0.1, -0.05) is 25.0 Å². The van der Waals surface area contributed by atoms with Gasteiger partial charge < -0.3 is 35.7 Å². The first-order chi connectivity index (χ1) is 14.4. The van der Waals surface area contributed by atoms with Gasteiger partial charge in [-0.15, -0.1) is 0 Å². The molecule has 0 bridgehead atoms. The van der Waals surface area contributed by atoms with Crippen molar-refractivity contribution in [3.8, 4) is 5.75 Å². The van der Waals surface area contributed by atoms with Gasteiger partial charge in [0.05, 0.1) is 13.2 Å². The standard InChI is InChI=1S/C21H33BN2O6/c23-21(20(25)26,8-1-2-9-22(27)28)16-11-17(12-16)24-13-15-3-5-18(6-4-15)30-19-7-10-29-14-19/h3-6,16-17,19,24,27-28H,1-2,7-14,23H2,(H,25,26)/t16?,17?,19?,21-/m1/s1. The highest BCUT2D eigenvalue weighted by Crippen LogP contribution is 2.38. The van der Waals surface area contributed by atoms with Crippen molar-refractivity contribution in [2.75, 3.05) is 13.2 Å². The van der Waals surface area contributed by atoms with Crippen LogP contribution in [-0.4, -0.2) is 59.1 Å². The summed E-state index contributed by atoms with van der Waals surface area (Å²) in [6, 6.07) is 8.26. The number of benzene rings is 1. The molecule has 2 atom stereocenters. The Morgan fingerprint density at radius 2 is 2.00 bits per heavy atom. The largest absolute Gasteiger partial charge is 0.488 e. The highest BCUT2D eigenvalue weighted by atomic mass is 16.5. The van der Waals surface area contributed by atoms with Crippen molar-refractivity contribution in [1.29, 1.82) is 0 Å². The first-order valence-corrected chi connectivity index (χ1v) is 10.8. The molecule has 0 aromatic heterocycles. The van der Waals surface area contributed by atoms with Crippen LogP contribution in [0.2, 0.25) is 6.32 Å². The average Bonchev–Trinajstić information content (AvgIpc) is 3.18. The van der Waals surface area contributed by atoms with Gasteiger partial charge in [-0.25, -0.2) is 0 Å². The van der Waals surface area contributed by atoms with Gasteiger partial charge in [0, 0.05) is 19.0 Å². The second-order valence-corrected chi connectivity index (χ2v) is 8.57. The molecular weight excluding hydrogens is 387 g/mol. The fourth-order valence-corrected chi connectivity index (χ4v) is 4.18. The lowest BCUT2D eigenvalue weighted by Crippen LogP contribution is -2.61. The summed E-state index contributed by atoms with van der Waals surface area (Å²) in [4.78, 5) is 11.8. The van der Waals surface area contributed by atoms with Gasteiger partial charge >= 0.3 is 13.1 Å². The number of nitrogens with one attached hydrogen (secondary N) is 1. The molecule has 1 aromatic carbocycles. The number of hydrogen-bond donors (Lipinski definition) is 5. The summed E-state index contributed by atoms with van der Waals surface area (Å²) >= 11 is 0. The molecule has 0 spiro atoms. The molecule has 6 N–H and O–H groups in total. The summed E-state index contributed by atoms with van der Waals surface area (Å²) in [6.07, 6.45) is 4.22. The number of hydrogen-bond acceptors (Lipinski definition) is 7. The quantitative estimate of drug-likeness (QED) is 0.251. The van der Waals surface area contributed by atoms with Gasteiger partial charge in [0.25, 0.3) is 0 Å². The molecule has 3 rings (SSSR count). The Labute approximate surface area is 177 Å². The topological polar surface area (TPSA) is 134 Å². The van der Waals surface area contributed by atoms with Crippen molar-refractivity contribution in [1.82, 2.24) is 5.32 Å². The van der Waals surface area contributed by atoms with E-state index in [1.54, 1.807) is 0 Å². The molecule has 8 nitrogen and oxygen atoms in total. The summed E-state index contributed by atoms with van der Waals surface area (Å²) < 4.78 is 11.2. The minimum atomic E-state index is -1.35. The van der Waals surface area contributed by atoms with Gasteiger partial charge in [-0.05, 0) is 49.2 Å². The van der Waals surface area contributed by atoms with E-state index in [9.17, 15) is 9.90 Å². The number of carbonyl (C=O) groups is 1. The Balaban J connectivity index is 1.39. The highest BCUT2D eigenvalue weighted by molar-refractivity contribution is 6.40. The molecule has 1 unspecified atom stereocenters. The fraction of sp³-hybridized carbons (Fsp3) is 0.667. The molecular formula is C21H33BN2O6. The lowest BCUT2D eigenvalue weighted by molar-refractivity contribution is -0.148. The van der Waals surface area contributed by atoms with Crippen molar-refractivity contribution < 1.29 is 29.4 Å². The van der Waals surface area contributed by atoms with Crippen LogP contribution in [-0.2, 0) is 16.1 Å². The zero-order valence-electron chi connectivity index (χ0n) is 17.3. The maximum atomic E-state index is 11.8. The van der Waals surface area contributed by atoms with Gasteiger partial charge in [0.1, 0.15) is 17.4 Å². The third kappa shape index (κ3) is 6.18. The second-order valence-electron chi connectivity index (χ2n) is 8.57. The zero-order valence-corrected chi connectivity index (χ0v) is 17.3. The molecule has 2 fully saturated rings. The van der Waals surface area contributed by atoms with Gasteiger partial charge in [0.2, 0.25) is 0 Å². The summed E-state index contributed by atoms with van der Waals surface area (Å²) in [5.74, 6) is -0.198. The van der Waals surface area contributed by atoms with Crippen LogP contribution >= 0.6 is 0 Å². The van der Waals surface area contributed by atoms with Crippen molar-refractivity contribution in [3.05, 3.63) is 29.8 Å². The number of carboxylic acids is 1.